The van der Waals surface area contributed by atoms with Crippen LogP contribution in [0.3, 0.4) is 0 Å². The molecule has 0 aliphatic heterocycles. The van der Waals surface area contributed by atoms with Crippen LogP contribution in [0.15, 0.2) is 24.3 Å². The van der Waals surface area contributed by atoms with E-state index in [1.165, 1.54) is 17.5 Å². The van der Waals surface area contributed by atoms with E-state index in [1.807, 2.05) is 0 Å². The zero-order valence-electron chi connectivity index (χ0n) is 9.46. The molecule has 1 nitrogen and oxygen atoms in total. The maximum absolute atomic E-state index is 5.82. The predicted molar refractivity (Wildman–Crippen MR) is 62.4 cm³/mol. The van der Waals surface area contributed by atoms with Gasteiger partial charge in [0.05, 0.1) is 0 Å². The minimum absolute atomic E-state index is 0.514. The summed E-state index contributed by atoms with van der Waals surface area (Å²) in [6.07, 6.45) is 1.19. The average Bonchev–Trinajstić information content (AvgIpc) is 2.21. The zero-order valence-corrected chi connectivity index (χ0v) is 9.46. The molecule has 14 heavy (non-hydrogen) atoms. The molecule has 0 saturated heterocycles. The van der Waals surface area contributed by atoms with E-state index in [4.69, 9.17) is 5.73 Å². The minimum atomic E-state index is 0.514. The van der Waals surface area contributed by atoms with E-state index < -0.39 is 0 Å². The van der Waals surface area contributed by atoms with E-state index in [-0.39, 0.29) is 0 Å². The first-order valence-electron chi connectivity index (χ1n) is 5.45. The van der Waals surface area contributed by atoms with Crippen molar-refractivity contribution in [3.8, 4) is 0 Å². The summed E-state index contributed by atoms with van der Waals surface area (Å²) in [6, 6.07) is 8.75. The van der Waals surface area contributed by atoms with Gasteiger partial charge in [0.2, 0.25) is 0 Å². The van der Waals surface area contributed by atoms with E-state index in [9.17, 15) is 0 Å². The number of rotatable bonds is 4. The lowest BCUT2D eigenvalue weighted by molar-refractivity contribution is 0.452. The van der Waals surface area contributed by atoms with Crippen molar-refractivity contribution in [3.63, 3.8) is 0 Å². The molecule has 0 aromatic heterocycles. The molecular weight excluding hydrogens is 170 g/mol. The van der Waals surface area contributed by atoms with Crippen molar-refractivity contribution in [3.05, 3.63) is 35.4 Å². The Morgan fingerprint density at radius 3 is 2.21 bits per heavy atom. The van der Waals surface area contributed by atoms with Crippen LogP contribution >= 0.6 is 0 Å². The summed E-state index contributed by atoms with van der Waals surface area (Å²) in [7, 11) is 0. The highest BCUT2D eigenvalue weighted by Gasteiger charge is 2.15. The molecule has 0 amide bonds. The minimum Gasteiger partial charge on any atom is -0.330 e. The highest BCUT2D eigenvalue weighted by molar-refractivity contribution is 5.25. The lowest BCUT2D eigenvalue weighted by atomic mass is 9.85. The highest BCUT2D eigenvalue weighted by Crippen LogP contribution is 2.25. The molecule has 0 aliphatic rings. The lowest BCUT2D eigenvalue weighted by Crippen LogP contribution is -2.19. The molecule has 2 atom stereocenters. The normalized spacial score (nSPS) is 15.1. The van der Waals surface area contributed by atoms with Crippen LogP contribution in [0.25, 0.3) is 0 Å². The molecule has 0 radical (unpaired) electrons. The molecule has 0 fully saturated rings. The van der Waals surface area contributed by atoms with Crippen LogP contribution in [-0.2, 0) is 0 Å². The third-order valence-corrected chi connectivity index (χ3v) is 3.09. The number of nitrogens with two attached hydrogens (primary N) is 1. The number of aryl methyl sites for hydroxylation is 1. The van der Waals surface area contributed by atoms with E-state index in [1.54, 1.807) is 0 Å². The van der Waals surface area contributed by atoms with E-state index in [0.717, 1.165) is 6.54 Å². The third-order valence-electron chi connectivity index (χ3n) is 3.09. The molecule has 2 N–H and O–H groups in total. The molecule has 1 rings (SSSR count). The Balaban J connectivity index is 2.84. The number of benzene rings is 1. The summed E-state index contributed by atoms with van der Waals surface area (Å²) in [4.78, 5) is 0. The molecule has 2 unspecified atom stereocenters. The first kappa shape index (κ1) is 11.3. The van der Waals surface area contributed by atoms with Gasteiger partial charge in [0, 0.05) is 0 Å². The zero-order chi connectivity index (χ0) is 10.6. The fraction of sp³-hybridized carbons (Fsp3) is 0.538. The summed E-state index contributed by atoms with van der Waals surface area (Å²) < 4.78 is 0. The van der Waals surface area contributed by atoms with Crippen LogP contribution in [0.4, 0.5) is 0 Å². The maximum atomic E-state index is 5.82. The molecule has 1 aromatic carbocycles. The summed E-state index contributed by atoms with van der Waals surface area (Å²) >= 11 is 0. The highest BCUT2D eigenvalue weighted by atomic mass is 14.6. The van der Waals surface area contributed by atoms with E-state index in [2.05, 4.69) is 45.0 Å². The Morgan fingerprint density at radius 1 is 1.21 bits per heavy atom. The second-order valence-electron chi connectivity index (χ2n) is 4.14. The molecule has 0 spiro atoms. The van der Waals surface area contributed by atoms with Crippen molar-refractivity contribution in [2.45, 2.75) is 33.1 Å². The Labute approximate surface area is 87.3 Å². The molecular formula is C13H21N. The lowest BCUT2D eigenvalue weighted by Gasteiger charge is -2.21. The quantitative estimate of drug-likeness (QED) is 0.777. The van der Waals surface area contributed by atoms with Crippen molar-refractivity contribution in [2.24, 2.45) is 11.7 Å². The van der Waals surface area contributed by atoms with Crippen molar-refractivity contribution >= 4 is 0 Å². The summed E-state index contributed by atoms with van der Waals surface area (Å²) in [5.41, 5.74) is 8.51. The molecule has 0 heterocycles. The van der Waals surface area contributed by atoms with Gasteiger partial charge in [-0.1, -0.05) is 50.1 Å². The van der Waals surface area contributed by atoms with Crippen LogP contribution in [0.1, 0.15) is 37.3 Å². The Kier molecular flexibility index (Phi) is 4.15. The van der Waals surface area contributed by atoms with Crippen LogP contribution in [0.2, 0.25) is 0 Å². The molecule has 1 heteroatoms. The van der Waals surface area contributed by atoms with Crippen LogP contribution < -0.4 is 5.73 Å². The topological polar surface area (TPSA) is 26.0 Å². The third kappa shape index (κ3) is 2.58. The molecule has 0 bridgehead atoms. The second-order valence-corrected chi connectivity index (χ2v) is 4.14. The first-order chi connectivity index (χ1) is 6.69. The van der Waals surface area contributed by atoms with Crippen LogP contribution in [0.5, 0.6) is 0 Å². The van der Waals surface area contributed by atoms with Crippen molar-refractivity contribution in [1.29, 1.82) is 0 Å². The molecule has 0 aliphatic carbocycles. The van der Waals surface area contributed by atoms with E-state index >= 15 is 0 Å². The first-order valence-corrected chi connectivity index (χ1v) is 5.45. The van der Waals surface area contributed by atoms with Gasteiger partial charge >= 0.3 is 0 Å². The van der Waals surface area contributed by atoms with Gasteiger partial charge in [0.25, 0.3) is 0 Å². The van der Waals surface area contributed by atoms with Gasteiger partial charge in [-0.05, 0) is 30.9 Å². The number of hydrogen-bond acceptors (Lipinski definition) is 1. The van der Waals surface area contributed by atoms with Crippen LogP contribution in [-0.4, -0.2) is 6.54 Å². The fourth-order valence-corrected chi connectivity index (χ4v) is 1.80. The fourth-order valence-electron chi connectivity index (χ4n) is 1.80. The summed E-state index contributed by atoms with van der Waals surface area (Å²) in [6.45, 7) is 7.36. The van der Waals surface area contributed by atoms with Gasteiger partial charge < -0.3 is 5.73 Å². The van der Waals surface area contributed by atoms with Gasteiger partial charge in [0.1, 0.15) is 0 Å². The van der Waals surface area contributed by atoms with Gasteiger partial charge in [0.15, 0.2) is 0 Å². The number of hydrogen-bond donors (Lipinski definition) is 1. The monoisotopic (exact) mass is 191 g/mol. The predicted octanol–water partition coefficient (Wildman–Crippen LogP) is 3.08. The SMILES string of the molecule is CCC(C)C(CN)c1ccc(C)cc1. The average molecular weight is 191 g/mol. The van der Waals surface area contributed by atoms with E-state index in [0.29, 0.717) is 11.8 Å². The van der Waals surface area contributed by atoms with Gasteiger partial charge in [-0.25, -0.2) is 0 Å². The summed E-state index contributed by atoms with van der Waals surface area (Å²) in [5, 5.41) is 0. The van der Waals surface area contributed by atoms with Crippen molar-refractivity contribution in [2.75, 3.05) is 6.54 Å². The second kappa shape index (κ2) is 5.16. The Bertz CT molecular complexity index is 263. The maximum Gasteiger partial charge on any atom is -0.000567 e. The Hall–Kier alpha value is -0.820. The molecule has 0 saturated carbocycles. The summed E-state index contributed by atoms with van der Waals surface area (Å²) in [5.74, 6) is 1.18. The smallest absolute Gasteiger partial charge is 0.000567 e. The largest absolute Gasteiger partial charge is 0.330 e. The van der Waals surface area contributed by atoms with Crippen molar-refractivity contribution in [1.82, 2.24) is 0 Å². The standard InChI is InChI=1S/C13H21N/c1-4-11(3)13(9-14)12-7-5-10(2)6-8-12/h5-8,11,13H,4,9,14H2,1-3H3. The van der Waals surface area contributed by atoms with Crippen LogP contribution in [0, 0.1) is 12.8 Å². The van der Waals surface area contributed by atoms with Gasteiger partial charge in [-0.2, -0.15) is 0 Å². The van der Waals surface area contributed by atoms with Crippen molar-refractivity contribution < 1.29 is 0 Å². The Morgan fingerprint density at radius 2 is 1.79 bits per heavy atom. The molecule has 78 valence electrons. The van der Waals surface area contributed by atoms with Gasteiger partial charge in [-0.15, -0.1) is 0 Å². The molecule has 1 aromatic rings. The van der Waals surface area contributed by atoms with Gasteiger partial charge in [-0.3, -0.25) is 0 Å².